The number of carbonyl (C=O) groups is 1. The second-order valence-corrected chi connectivity index (χ2v) is 5.66. The molecule has 1 amide bonds. The maximum absolute atomic E-state index is 12.1. The van der Waals surface area contributed by atoms with Gasteiger partial charge in [-0.05, 0) is 30.7 Å². The van der Waals surface area contributed by atoms with Gasteiger partial charge in [0.25, 0.3) is 11.6 Å². The second kappa shape index (κ2) is 6.17. The molecular weight excluding hydrogens is 282 g/mol. The summed E-state index contributed by atoms with van der Waals surface area (Å²) in [5.74, 6) is 0.660. The van der Waals surface area contributed by atoms with E-state index in [0.29, 0.717) is 18.4 Å². The molecule has 0 aliphatic heterocycles. The van der Waals surface area contributed by atoms with Crippen LogP contribution < -0.4 is 5.32 Å². The summed E-state index contributed by atoms with van der Waals surface area (Å²) in [5.41, 5.74) is -0.368. The van der Waals surface area contributed by atoms with Crippen molar-refractivity contribution in [2.24, 2.45) is 11.8 Å². The largest absolute Gasteiger partial charge is 0.352 e. The Hall–Kier alpha value is -1.69. The molecule has 108 valence electrons. The third kappa shape index (κ3) is 3.45. The minimum absolute atomic E-state index is 0.0407. The molecule has 0 bridgehead atoms. The maximum Gasteiger partial charge on any atom is 0.300 e. The van der Waals surface area contributed by atoms with E-state index in [1.165, 1.54) is 12.5 Å². The highest BCUT2D eigenvalue weighted by atomic mass is 35.5. The first kappa shape index (κ1) is 14.7. The highest BCUT2D eigenvalue weighted by Crippen LogP contribution is 2.29. The number of hydrogen-bond acceptors (Lipinski definition) is 4. The first-order chi connectivity index (χ1) is 9.47. The van der Waals surface area contributed by atoms with Gasteiger partial charge in [0.15, 0.2) is 0 Å². The number of nitrogens with one attached hydrogen (secondary N) is 1. The fraction of sp³-hybridized carbons (Fsp3) is 0.538. The van der Waals surface area contributed by atoms with Crippen LogP contribution in [0.4, 0.5) is 5.69 Å². The van der Waals surface area contributed by atoms with Gasteiger partial charge in [0, 0.05) is 6.54 Å². The molecule has 2 atom stereocenters. The van der Waals surface area contributed by atoms with Crippen LogP contribution in [-0.4, -0.2) is 22.4 Å². The van der Waals surface area contributed by atoms with Gasteiger partial charge in [-0.25, -0.2) is 4.98 Å². The summed E-state index contributed by atoms with van der Waals surface area (Å²) in [6.07, 6.45) is 4.34. The molecular formula is C13H16ClN3O3. The Morgan fingerprint density at radius 3 is 2.95 bits per heavy atom. The quantitative estimate of drug-likeness (QED) is 0.526. The van der Waals surface area contributed by atoms with Gasteiger partial charge in [-0.15, -0.1) is 0 Å². The number of rotatable bonds is 4. The van der Waals surface area contributed by atoms with E-state index in [-0.39, 0.29) is 16.4 Å². The zero-order valence-corrected chi connectivity index (χ0v) is 11.9. The van der Waals surface area contributed by atoms with E-state index in [2.05, 4.69) is 17.2 Å². The zero-order chi connectivity index (χ0) is 14.7. The smallest absolute Gasteiger partial charge is 0.300 e. The number of halogens is 1. The third-order valence-corrected chi connectivity index (χ3v) is 3.85. The number of amides is 1. The van der Waals surface area contributed by atoms with Crippen LogP contribution in [-0.2, 0) is 0 Å². The molecule has 0 spiro atoms. The molecule has 0 aromatic carbocycles. The molecule has 1 aliphatic rings. The Balaban J connectivity index is 2.05. The summed E-state index contributed by atoms with van der Waals surface area (Å²) in [7, 11) is 0. The molecule has 0 radical (unpaired) electrons. The van der Waals surface area contributed by atoms with Crippen LogP contribution in [0.3, 0.4) is 0 Å². The van der Waals surface area contributed by atoms with Gasteiger partial charge in [0.1, 0.15) is 16.9 Å². The molecule has 1 aromatic rings. The van der Waals surface area contributed by atoms with E-state index < -0.39 is 10.8 Å². The van der Waals surface area contributed by atoms with Crippen molar-refractivity contribution in [2.45, 2.75) is 26.2 Å². The highest BCUT2D eigenvalue weighted by Gasteiger charge is 2.24. The van der Waals surface area contributed by atoms with Gasteiger partial charge in [-0.2, -0.15) is 0 Å². The maximum atomic E-state index is 12.1. The van der Waals surface area contributed by atoms with Gasteiger partial charge >= 0.3 is 0 Å². The average Bonchev–Trinajstić information content (AvgIpc) is 2.81. The predicted octanol–water partition coefficient (Wildman–Crippen LogP) is 2.81. The van der Waals surface area contributed by atoms with Crippen LogP contribution >= 0.6 is 11.6 Å². The van der Waals surface area contributed by atoms with Crippen molar-refractivity contribution in [2.75, 3.05) is 6.54 Å². The normalized spacial score (nSPS) is 21.7. The lowest BCUT2D eigenvalue weighted by atomic mass is 10.1. The molecule has 2 rings (SSSR count). The first-order valence-corrected chi connectivity index (χ1v) is 6.93. The van der Waals surface area contributed by atoms with Gasteiger partial charge in [0.2, 0.25) is 0 Å². The SMILES string of the molecule is CC1CCC(CNC(=O)c2cc(Cl)ncc2[N+](=O)[O-])C1. The number of nitrogens with zero attached hydrogens (tertiary/aromatic N) is 2. The molecule has 1 N–H and O–H groups in total. The molecule has 1 aliphatic carbocycles. The molecule has 1 heterocycles. The molecule has 1 aromatic heterocycles. The number of carbonyl (C=O) groups excluding carboxylic acids is 1. The van der Waals surface area contributed by atoms with Crippen LogP contribution in [0.1, 0.15) is 36.5 Å². The molecule has 0 saturated heterocycles. The van der Waals surface area contributed by atoms with E-state index in [1.54, 1.807) is 0 Å². The fourth-order valence-corrected chi connectivity index (χ4v) is 2.75. The third-order valence-electron chi connectivity index (χ3n) is 3.65. The van der Waals surface area contributed by atoms with Crippen molar-refractivity contribution in [3.8, 4) is 0 Å². The van der Waals surface area contributed by atoms with Crippen molar-refractivity contribution in [3.63, 3.8) is 0 Å². The van der Waals surface area contributed by atoms with Crippen molar-refractivity contribution in [1.82, 2.24) is 10.3 Å². The predicted molar refractivity (Wildman–Crippen MR) is 74.7 cm³/mol. The van der Waals surface area contributed by atoms with Crippen LogP contribution in [0.25, 0.3) is 0 Å². The van der Waals surface area contributed by atoms with Crippen LogP contribution in [0.15, 0.2) is 12.3 Å². The summed E-state index contributed by atoms with van der Waals surface area (Å²) < 4.78 is 0. The van der Waals surface area contributed by atoms with E-state index in [4.69, 9.17) is 11.6 Å². The summed E-state index contributed by atoms with van der Waals surface area (Å²) in [5, 5.41) is 13.7. The molecule has 2 unspecified atom stereocenters. The monoisotopic (exact) mass is 297 g/mol. The van der Waals surface area contributed by atoms with Gasteiger partial charge in [0.05, 0.1) is 4.92 Å². The summed E-state index contributed by atoms with van der Waals surface area (Å²) in [6.45, 7) is 2.73. The van der Waals surface area contributed by atoms with Crippen LogP contribution in [0.5, 0.6) is 0 Å². The lowest BCUT2D eigenvalue weighted by Gasteiger charge is -2.11. The molecule has 1 saturated carbocycles. The molecule has 6 nitrogen and oxygen atoms in total. The van der Waals surface area contributed by atoms with Gasteiger partial charge in [-0.3, -0.25) is 14.9 Å². The number of pyridine rings is 1. The Kier molecular flexibility index (Phi) is 4.54. The van der Waals surface area contributed by atoms with Crippen molar-refractivity contribution < 1.29 is 9.72 Å². The Morgan fingerprint density at radius 1 is 1.60 bits per heavy atom. The Bertz CT molecular complexity index is 536. The highest BCUT2D eigenvalue weighted by molar-refractivity contribution is 6.29. The number of nitro groups is 1. The van der Waals surface area contributed by atoms with E-state index >= 15 is 0 Å². The molecule has 1 fully saturated rings. The number of aromatic nitrogens is 1. The Labute approximate surface area is 121 Å². The topological polar surface area (TPSA) is 85.1 Å². The van der Waals surface area contributed by atoms with E-state index in [9.17, 15) is 14.9 Å². The minimum atomic E-state index is -0.629. The summed E-state index contributed by atoms with van der Waals surface area (Å²) in [4.78, 5) is 25.9. The minimum Gasteiger partial charge on any atom is -0.352 e. The van der Waals surface area contributed by atoms with Crippen LogP contribution in [0, 0.1) is 22.0 Å². The lowest BCUT2D eigenvalue weighted by molar-refractivity contribution is -0.385. The Morgan fingerprint density at radius 2 is 2.35 bits per heavy atom. The first-order valence-electron chi connectivity index (χ1n) is 6.55. The van der Waals surface area contributed by atoms with Gasteiger partial charge in [-0.1, -0.05) is 24.9 Å². The fourth-order valence-electron chi connectivity index (χ4n) is 2.59. The standard InChI is InChI=1S/C13H16ClN3O3/c1-8-2-3-9(4-8)6-16-13(18)10-5-12(14)15-7-11(10)17(19)20/h5,7-9H,2-4,6H2,1H3,(H,16,18). The van der Waals surface area contributed by atoms with Gasteiger partial charge < -0.3 is 5.32 Å². The molecule has 7 heteroatoms. The summed E-state index contributed by atoms with van der Waals surface area (Å²) >= 11 is 5.70. The second-order valence-electron chi connectivity index (χ2n) is 5.28. The van der Waals surface area contributed by atoms with Crippen molar-refractivity contribution >= 4 is 23.2 Å². The van der Waals surface area contributed by atoms with Crippen LogP contribution in [0.2, 0.25) is 5.15 Å². The average molecular weight is 298 g/mol. The van der Waals surface area contributed by atoms with Crippen molar-refractivity contribution in [1.29, 1.82) is 0 Å². The van der Waals surface area contributed by atoms with Crippen molar-refractivity contribution in [3.05, 3.63) is 33.1 Å². The number of hydrogen-bond donors (Lipinski definition) is 1. The lowest BCUT2D eigenvalue weighted by Crippen LogP contribution is -2.29. The zero-order valence-electron chi connectivity index (χ0n) is 11.1. The van der Waals surface area contributed by atoms with E-state index in [0.717, 1.165) is 19.0 Å². The summed E-state index contributed by atoms with van der Waals surface area (Å²) in [6, 6.07) is 1.23. The van der Waals surface area contributed by atoms with E-state index in [1.807, 2.05) is 0 Å². The molecule has 20 heavy (non-hydrogen) atoms.